The Morgan fingerprint density at radius 2 is 1.79 bits per heavy atom. The first-order valence-corrected chi connectivity index (χ1v) is 10.1. The Hall–Kier alpha value is -3.26. The summed E-state index contributed by atoms with van der Waals surface area (Å²) in [5.41, 5.74) is 2.76. The summed E-state index contributed by atoms with van der Waals surface area (Å²) in [6, 6.07) is 13.6. The van der Waals surface area contributed by atoms with Crippen LogP contribution in [0, 0.1) is 5.82 Å². The SMILES string of the molecule is O=C(N/N=C1/CCS(=O)(=O)c2ccc(F)cc21)c1cc2ccccc2cc1O. The average molecular weight is 398 g/mol. The number of nitrogens with zero attached hydrogens (tertiary/aromatic N) is 1. The van der Waals surface area contributed by atoms with Crippen LogP contribution in [0.15, 0.2) is 64.6 Å². The zero-order valence-electron chi connectivity index (χ0n) is 14.5. The van der Waals surface area contributed by atoms with E-state index in [2.05, 4.69) is 10.5 Å². The van der Waals surface area contributed by atoms with Crippen molar-refractivity contribution >= 4 is 32.2 Å². The largest absolute Gasteiger partial charge is 0.507 e. The van der Waals surface area contributed by atoms with Gasteiger partial charge in [-0.15, -0.1) is 0 Å². The van der Waals surface area contributed by atoms with Gasteiger partial charge in [-0.2, -0.15) is 5.10 Å². The van der Waals surface area contributed by atoms with E-state index in [4.69, 9.17) is 0 Å². The van der Waals surface area contributed by atoms with Crippen LogP contribution in [-0.2, 0) is 9.84 Å². The lowest BCUT2D eigenvalue weighted by atomic mass is 10.1. The number of benzene rings is 3. The van der Waals surface area contributed by atoms with Gasteiger partial charge >= 0.3 is 0 Å². The number of aromatic hydroxyl groups is 1. The van der Waals surface area contributed by atoms with Gasteiger partial charge in [-0.3, -0.25) is 4.79 Å². The molecule has 1 amide bonds. The molecule has 3 aromatic rings. The molecular weight excluding hydrogens is 383 g/mol. The highest BCUT2D eigenvalue weighted by Gasteiger charge is 2.28. The normalized spacial score (nSPS) is 16.7. The van der Waals surface area contributed by atoms with Crippen LogP contribution in [0.2, 0.25) is 0 Å². The number of amides is 1. The Labute approximate surface area is 160 Å². The minimum Gasteiger partial charge on any atom is -0.507 e. The monoisotopic (exact) mass is 398 g/mol. The van der Waals surface area contributed by atoms with Gasteiger partial charge in [0.05, 0.1) is 21.9 Å². The molecule has 1 aliphatic heterocycles. The molecule has 6 nitrogen and oxygen atoms in total. The number of halogens is 1. The number of phenolic OH excluding ortho intramolecular Hbond substituents is 1. The zero-order chi connectivity index (χ0) is 19.9. The first kappa shape index (κ1) is 18.1. The lowest BCUT2D eigenvalue weighted by molar-refractivity contribution is 0.0952. The second kappa shape index (κ2) is 6.72. The quantitative estimate of drug-likeness (QED) is 0.512. The highest BCUT2D eigenvalue weighted by molar-refractivity contribution is 7.91. The van der Waals surface area contributed by atoms with Crippen molar-refractivity contribution in [3.63, 3.8) is 0 Å². The van der Waals surface area contributed by atoms with Gasteiger partial charge in [0.1, 0.15) is 11.6 Å². The molecule has 0 saturated heterocycles. The Balaban J connectivity index is 1.67. The zero-order valence-corrected chi connectivity index (χ0v) is 15.3. The van der Waals surface area contributed by atoms with Crippen molar-refractivity contribution in [1.82, 2.24) is 5.43 Å². The van der Waals surface area contributed by atoms with Crippen LogP contribution in [0.5, 0.6) is 5.75 Å². The summed E-state index contributed by atoms with van der Waals surface area (Å²) in [4.78, 5) is 12.5. The first-order valence-electron chi connectivity index (χ1n) is 8.46. The first-order chi connectivity index (χ1) is 13.3. The Bertz CT molecular complexity index is 1250. The molecule has 3 aromatic carbocycles. The van der Waals surface area contributed by atoms with Crippen LogP contribution in [0.3, 0.4) is 0 Å². The van der Waals surface area contributed by atoms with E-state index in [0.717, 1.165) is 22.9 Å². The molecule has 0 aliphatic carbocycles. The molecule has 0 bridgehead atoms. The van der Waals surface area contributed by atoms with E-state index >= 15 is 0 Å². The lowest BCUT2D eigenvalue weighted by Crippen LogP contribution is -2.26. The van der Waals surface area contributed by atoms with E-state index in [1.807, 2.05) is 24.3 Å². The van der Waals surface area contributed by atoms with E-state index in [1.165, 1.54) is 12.1 Å². The van der Waals surface area contributed by atoms with Crippen LogP contribution in [0.1, 0.15) is 22.3 Å². The van der Waals surface area contributed by atoms with Gasteiger partial charge in [0.15, 0.2) is 9.84 Å². The summed E-state index contributed by atoms with van der Waals surface area (Å²) in [7, 11) is -3.51. The molecule has 28 heavy (non-hydrogen) atoms. The number of hydrogen-bond donors (Lipinski definition) is 2. The van der Waals surface area contributed by atoms with Gasteiger partial charge in [-0.1, -0.05) is 24.3 Å². The topological polar surface area (TPSA) is 95.8 Å². The van der Waals surface area contributed by atoms with Crippen molar-refractivity contribution in [1.29, 1.82) is 0 Å². The minimum absolute atomic E-state index is 0.0123. The number of fused-ring (bicyclic) bond motifs is 2. The highest BCUT2D eigenvalue weighted by atomic mass is 32.2. The van der Waals surface area contributed by atoms with E-state index in [1.54, 1.807) is 6.07 Å². The van der Waals surface area contributed by atoms with Crippen LogP contribution in [0.25, 0.3) is 10.8 Å². The second-order valence-electron chi connectivity index (χ2n) is 6.43. The number of carbonyl (C=O) groups is 1. The van der Waals surface area contributed by atoms with Crippen molar-refractivity contribution in [2.45, 2.75) is 11.3 Å². The van der Waals surface area contributed by atoms with Crippen molar-refractivity contribution in [3.05, 3.63) is 71.5 Å². The number of sulfone groups is 1. The van der Waals surface area contributed by atoms with Gasteiger partial charge in [0.2, 0.25) is 0 Å². The van der Waals surface area contributed by atoms with Crippen molar-refractivity contribution in [2.75, 3.05) is 5.75 Å². The molecule has 1 aliphatic rings. The van der Waals surface area contributed by atoms with E-state index in [-0.39, 0.29) is 39.7 Å². The van der Waals surface area contributed by atoms with Crippen LogP contribution in [0.4, 0.5) is 4.39 Å². The lowest BCUT2D eigenvalue weighted by Gasteiger charge is -2.18. The standard InChI is InChI=1S/C20H15FN2O4S/c21-14-5-6-19-15(11-14)17(7-8-28(19,26)27)22-23-20(25)16-9-12-3-1-2-4-13(12)10-18(16)24/h1-6,9-11,24H,7-8H2,(H,23,25)/b22-17-. The maximum Gasteiger partial charge on any atom is 0.275 e. The second-order valence-corrected chi connectivity index (χ2v) is 8.50. The number of hydrazone groups is 1. The summed E-state index contributed by atoms with van der Waals surface area (Å²) in [6.45, 7) is 0. The number of carbonyl (C=O) groups excluding carboxylic acids is 1. The van der Waals surface area contributed by atoms with Crippen molar-refractivity contribution in [3.8, 4) is 5.75 Å². The van der Waals surface area contributed by atoms with Crippen molar-refractivity contribution in [2.24, 2.45) is 5.10 Å². The van der Waals surface area contributed by atoms with E-state index in [0.29, 0.717) is 0 Å². The third kappa shape index (κ3) is 3.22. The fourth-order valence-electron chi connectivity index (χ4n) is 3.18. The Morgan fingerprint density at radius 1 is 1.07 bits per heavy atom. The smallest absolute Gasteiger partial charge is 0.275 e. The molecule has 0 unspecified atom stereocenters. The minimum atomic E-state index is -3.51. The predicted octanol–water partition coefficient (Wildman–Crippen LogP) is 3.00. The number of phenols is 1. The molecule has 0 aromatic heterocycles. The Kier molecular flexibility index (Phi) is 4.35. The Morgan fingerprint density at radius 3 is 2.54 bits per heavy atom. The van der Waals surface area contributed by atoms with Gasteiger partial charge < -0.3 is 5.11 Å². The molecule has 8 heteroatoms. The summed E-state index contributed by atoms with van der Waals surface area (Å²) in [6.07, 6.45) is 0.0444. The summed E-state index contributed by atoms with van der Waals surface area (Å²) in [5.74, 6) is -1.63. The van der Waals surface area contributed by atoms with Gasteiger partial charge in [-0.05, 0) is 41.1 Å². The molecular formula is C20H15FN2O4S. The summed E-state index contributed by atoms with van der Waals surface area (Å²) < 4.78 is 37.9. The van der Waals surface area contributed by atoms with Crippen LogP contribution >= 0.6 is 0 Å². The van der Waals surface area contributed by atoms with Crippen LogP contribution < -0.4 is 5.43 Å². The highest BCUT2D eigenvalue weighted by Crippen LogP contribution is 2.27. The van der Waals surface area contributed by atoms with Gasteiger partial charge in [-0.25, -0.2) is 18.2 Å². The molecule has 0 atom stereocenters. The molecule has 0 saturated carbocycles. The summed E-state index contributed by atoms with van der Waals surface area (Å²) in [5, 5.41) is 15.7. The number of rotatable bonds is 2. The molecule has 4 rings (SSSR count). The molecule has 1 heterocycles. The third-order valence-electron chi connectivity index (χ3n) is 4.60. The number of nitrogens with one attached hydrogen (secondary N) is 1. The average Bonchev–Trinajstić information content (AvgIpc) is 2.66. The fourth-order valence-corrected chi connectivity index (χ4v) is 4.65. The number of hydrogen-bond acceptors (Lipinski definition) is 5. The maximum absolute atomic E-state index is 13.6. The summed E-state index contributed by atoms with van der Waals surface area (Å²) >= 11 is 0. The van der Waals surface area contributed by atoms with E-state index < -0.39 is 21.6 Å². The van der Waals surface area contributed by atoms with Crippen LogP contribution in [-0.4, -0.2) is 30.9 Å². The molecule has 2 N–H and O–H groups in total. The van der Waals surface area contributed by atoms with E-state index in [9.17, 15) is 22.7 Å². The maximum atomic E-state index is 13.6. The van der Waals surface area contributed by atoms with Gasteiger partial charge in [0, 0.05) is 12.0 Å². The molecule has 0 radical (unpaired) electrons. The third-order valence-corrected chi connectivity index (χ3v) is 6.36. The molecule has 0 spiro atoms. The van der Waals surface area contributed by atoms with Gasteiger partial charge in [0.25, 0.3) is 5.91 Å². The molecule has 0 fully saturated rings. The van der Waals surface area contributed by atoms with Crippen molar-refractivity contribution < 1.29 is 22.7 Å². The molecule has 142 valence electrons. The predicted molar refractivity (Wildman–Crippen MR) is 103 cm³/mol. The fraction of sp³-hybridized carbons (Fsp3) is 0.100.